The molecule has 0 aromatic heterocycles. The number of rotatable bonds is 18. The fourth-order valence-electron chi connectivity index (χ4n) is 4.40. The minimum Gasteiger partial charge on any atom is -0.490 e. The van der Waals surface area contributed by atoms with Crippen molar-refractivity contribution in [1.29, 1.82) is 0 Å². The number of aromatic carboxylic acids is 1. The van der Waals surface area contributed by atoms with E-state index in [2.05, 4.69) is 24.3 Å². The summed E-state index contributed by atoms with van der Waals surface area (Å²) in [4.78, 5) is 22.1. The van der Waals surface area contributed by atoms with Crippen molar-refractivity contribution in [3.05, 3.63) is 95.6 Å². The number of hydrogen-bond acceptors (Lipinski definition) is 4. The fourth-order valence-corrected chi connectivity index (χ4v) is 4.40. The lowest BCUT2D eigenvalue weighted by atomic mass is 9.94. The number of aryl methyl sites for hydroxylation is 1. The third-order valence-corrected chi connectivity index (χ3v) is 6.51. The van der Waals surface area contributed by atoms with E-state index in [9.17, 15) is 9.59 Å². The summed E-state index contributed by atoms with van der Waals surface area (Å²) in [5.74, 6) is -0.142. The highest BCUT2D eigenvalue weighted by Gasteiger charge is 2.14. The normalized spacial score (nSPS) is 11.6. The van der Waals surface area contributed by atoms with Crippen LogP contribution in [0.1, 0.15) is 66.4 Å². The summed E-state index contributed by atoms with van der Waals surface area (Å²) in [5.41, 5.74) is 2.65. The lowest BCUT2D eigenvalue weighted by Crippen LogP contribution is -2.16. The smallest absolute Gasteiger partial charge is 0.335 e. The number of unbranched alkanes of at least 4 members (excludes halogenated alkanes) is 3. The Balaban J connectivity index is 1.50. The van der Waals surface area contributed by atoms with Crippen molar-refractivity contribution in [3.8, 4) is 11.5 Å². The molecule has 0 radical (unpaired) electrons. The van der Waals surface area contributed by atoms with Gasteiger partial charge in [-0.2, -0.15) is 0 Å². The van der Waals surface area contributed by atoms with Gasteiger partial charge in [0.1, 0.15) is 0 Å². The average molecular weight is 519 g/mol. The van der Waals surface area contributed by atoms with Gasteiger partial charge >= 0.3 is 11.9 Å². The predicted molar refractivity (Wildman–Crippen MR) is 148 cm³/mol. The number of carboxylic acid groups (broad SMARTS) is 2. The Morgan fingerprint density at radius 3 is 2.05 bits per heavy atom. The largest absolute Gasteiger partial charge is 0.490 e. The van der Waals surface area contributed by atoms with Crippen LogP contribution >= 0.6 is 0 Å². The zero-order valence-corrected chi connectivity index (χ0v) is 21.9. The van der Waals surface area contributed by atoms with Gasteiger partial charge in [0.05, 0.1) is 18.8 Å². The highest BCUT2D eigenvalue weighted by Crippen LogP contribution is 2.28. The van der Waals surface area contributed by atoms with Crippen LogP contribution in [-0.4, -0.2) is 35.4 Å². The molecule has 0 spiro atoms. The molecule has 0 aliphatic carbocycles. The van der Waals surface area contributed by atoms with E-state index in [0.717, 1.165) is 56.3 Å². The summed E-state index contributed by atoms with van der Waals surface area (Å²) in [6.45, 7) is 1.09. The van der Waals surface area contributed by atoms with Gasteiger partial charge in [-0.25, -0.2) is 4.79 Å². The van der Waals surface area contributed by atoms with Crippen LogP contribution in [0, 0.1) is 5.92 Å². The molecule has 6 nitrogen and oxygen atoms in total. The molecule has 0 heterocycles. The summed E-state index contributed by atoms with van der Waals surface area (Å²) in [6.07, 6.45) is 7.37. The van der Waals surface area contributed by atoms with Gasteiger partial charge in [0.15, 0.2) is 11.5 Å². The SMILES string of the molecule is O=C(O)CCCCC(COc1ccccc1OCCCCCc1ccccc1)Cc1ccc(C(=O)O)cc1. The van der Waals surface area contributed by atoms with Crippen LogP contribution in [-0.2, 0) is 17.6 Å². The van der Waals surface area contributed by atoms with E-state index >= 15 is 0 Å². The molecular weight excluding hydrogens is 480 g/mol. The van der Waals surface area contributed by atoms with Gasteiger partial charge < -0.3 is 19.7 Å². The molecule has 6 heteroatoms. The first-order chi connectivity index (χ1) is 18.5. The van der Waals surface area contributed by atoms with Gasteiger partial charge in [-0.05, 0) is 86.3 Å². The topological polar surface area (TPSA) is 93.1 Å². The Kier molecular flexibility index (Phi) is 12.2. The lowest BCUT2D eigenvalue weighted by Gasteiger charge is -2.19. The maximum atomic E-state index is 11.2. The molecule has 0 aliphatic heterocycles. The molecule has 3 aromatic rings. The van der Waals surface area contributed by atoms with Gasteiger partial charge in [0.25, 0.3) is 0 Å². The molecule has 3 rings (SSSR count). The van der Waals surface area contributed by atoms with Crippen LogP contribution in [0.5, 0.6) is 11.5 Å². The van der Waals surface area contributed by atoms with Crippen molar-refractivity contribution in [2.45, 2.75) is 57.8 Å². The van der Waals surface area contributed by atoms with Crippen LogP contribution in [0.3, 0.4) is 0 Å². The first-order valence-electron chi connectivity index (χ1n) is 13.4. The summed E-state index contributed by atoms with van der Waals surface area (Å²) < 4.78 is 12.3. The second kappa shape index (κ2) is 16.1. The van der Waals surface area contributed by atoms with Crippen LogP contribution in [0.15, 0.2) is 78.9 Å². The first-order valence-corrected chi connectivity index (χ1v) is 13.4. The summed E-state index contributed by atoms with van der Waals surface area (Å²) in [6, 6.07) is 25.1. The summed E-state index contributed by atoms with van der Waals surface area (Å²) in [5, 5.41) is 18.1. The Morgan fingerprint density at radius 2 is 1.37 bits per heavy atom. The molecule has 2 N–H and O–H groups in total. The summed E-state index contributed by atoms with van der Waals surface area (Å²) >= 11 is 0. The molecule has 202 valence electrons. The number of carboxylic acids is 2. The maximum Gasteiger partial charge on any atom is 0.335 e. The monoisotopic (exact) mass is 518 g/mol. The van der Waals surface area contributed by atoms with E-state index in [1.54, 1.807) is 12.1 Å². The molecule has 0 saturated carbocycles. The fraction of sp³-hybridized carbons (Fsp3) is 0.375. The highest BCUT2D eigenvalue weighted by atomic mass is 16.5. The minimum absolute atomic E-state index is 0.156. The Bertz CT molecular complexity index is 1110. The number of aliphatic carboxylic acids is 1. The Hall–Kier alpha value is -3.80. The third-order valence-electron chi connectivity index (χ3n) is 6.51. The molecule has 1 atom stereocenters. The molecule has 0 aliphatic rings. The second-order valence-corrected chi connectivity index (χ2v) is 9.61. The van der Waals surface area contributed by atoms with Crippen molar-refractivity contribution < 1.29 is 29.3 Å². The van der Waals surface area contributed by atoms with Crippen LogP contribution in [0.4, 0.5) is 0 Å². The van der Waals surface area contributed by atoms with E-state index in [1.807, 2.05) is 42.5 Å². The van der Waals surface area contributed by atoms with Gasteiger partial charge in [-0.15, -0.1) is 0 Å². The molecule has 3 aromatic carbocycles. The minimum atomic E-state index is -0.946. The van der Waals surface area contributed by atoms with Gasteiger partial charge in [0.2, 0.25) is 0 Å². The molecule has 38 heavy (non-hydrogen) atoms. The highest BCUT2D eigenvalue weighted by molar-refractivity contribution is 5.87. The zero-order valence-electron chi connectivity index (χ0n) is 21.9. The Morgan fingerprint density at radius 1 is 0.684 bits per heavy atom. The van der Waals surface area contributed by atoms with Crippen molar-refractivity contribution in [2.24, 2.45) is 5.92 Å². The zero-order chi connectivity index (χ0) is 27.0. The average Bonchev–Trinajstić information content (AvgIpc) is 2.92. The molecule has 0 fully saturated rings. The maximum absolute atomic E-state index is 11.2. The van der Waals surface area contributed by atoms with Crippen molar-refractivity contribution in [1.82, 2.24) is 0 Å². The molecular formula is C32H38O6. The van der Waals surface area contributed by atoms with Crippen LogP contribution in [0.25, 0.3) is 0 Å². The van der Waals surface area contributed by atoms with E-state index in [0.29, 0.717) is 25.4 Å². The number of para-hydroxylation sites is 2. The quantitative estimate of drug-likeness (QED) is 0.175. The van der Waals surface area contributed by atoms with Gasteiger partial charge in [0, 0.05) is 6.42 Å². The van der Waals surface area contributed by atoms with Crippen LogP contribution < -0.4 is 9.47 Å². The van der Waals surface area contributed by atoms with E-state index < -0.39 is 11.9 Å². The standard InChI is InChI=1S/C32H38O6/c33-31(34)17-9-6-14-27(23-26-18-20-28(21-19-26)32(35)36)24-38-30-16-8-7-15-29(30)37-22-10-2-5-13-25-11-3-1-4-12-25/h1,3-4,7-8,11-12,15-16,18-21,27H,2,5-6,9-10,13-14,17,22-24H2,(H,33,34)(H,35,36). The van der Waals surface area contributed by atoms with E-state index in [4.69, 9.17) is 19.7 Å². The molecule has 0 saturated heterocycles. The van der Waals surface area contributed by atoms with Gasteiger partial charge in [-0.3, -0.25) is 4.79 Å². The first kappa shape index (κ1) is 28.8. The summed E-state index contributed by atoms with van der Waals surface area (Å²) in [7, 11) is 0. The number of carbonyl (C=O) groups is 2. The molecule has 0 amide bonds. The Labute approximate surface area is 225 Å². The number of hydrogen-bond donors (Lipinski definition) is 2. The predicted octanol–water partition coefficient (Wildman–Crippen LogP) is 7.06. The number of benzene rings is 3. The van der Waals surface area contributed by atoms with Gasteiger partial charge in [-0.1, -0.05) is 61.0 Å². The lowest BCUT2D eigenvalue weighted by molar-refractivity contribution is -0.137. The molecule has 1 unspecified atom stereocenters. The van der Waals surface area contributed by atoms with Crippen LogP contribution in [0.2, 0.25) is 0 Å². The van der Waals surface area contributed by atoms with Crippen molar-refractivity contribution in [2.75, 3.05) is 13.2 Å². The molecule has 0 bridgehead atoms. The van der Waals surface area contributed by atoms with Crippen molar-refractivity contribution in [3.63, 3.8) is 0 Å². The van der Waals surface area contributed by atoms with Crippen molar-refractivity contribution >= 4 is 11.9 Å². The third kappa shape index (κ3) is 10.7. The second-order valence-electron chi connectivity index (χ2n) is 9.61. The van der Waals surface area contributed by atoms with E-state index in [1.165, 1.54) is 5.56 Å². The number of ether oxygens (including phenoxy) is 2. The van der Waals surface area contributed by atoms with E-state index in [-0.39, 0.29) is 17.9 Å².